The summed E-state index contributed by atoms with van der Waals surface area (Å²) in [6.07, 6.45) is 4.48. The minimum atomic E-state index is -0.717. The lowest BCUT2D eigenvalue weighted by Gasteiger charge is -2.13. The van der Waals surface area contributed by atoms with Crippen LogP contribution in [0.25, 0.3) is 16.9 Å². The van der Waals surface area contributed by atoms with E-state index in [2.05, 4.69) is 20.5 Å². The summed E-state index contributed by atoms with van der Waals surface area (Å²) in [6, 6.07) is 7.56. The van der Waals surface area contributed by atoms with Crippen LogP contribution in [-0.2, 0) is 7.05 Å². The molecule has 0 saturated carbocycles. The lowest BCUT2D eigenvalue weighted by Crippen LogP contribution is -2.42. The van der Waals surface area contributed by atoms with Gasteiger partial charge in [0.1, 0.15) is 11.3 Å². The normalized spacial score (nSPS) is 12.3. The third-order valence-corrected chi connectivity index (χ3v) is 4.33. The number of nitrogens with zero attached hydrogens (tertiary/aromatic N) is 5. The summed E-state index contributed by atoms with van der Waals surface area (Å²) in [5.74, 6) is -0.649. The number of benzene rings is 1. The molecule has 2 aromatic heterocycles. The van der Waals surface area contributed by atoms with Crippen molar-refractivity contribution in [2.24, 2.45) is 12.0 Å². The van der Waals surface area contributed by atoms with Crippen LogP contribution in [0.5, 0.6) is 0 Å². The first-order valence-electron chi connectivity index (χ1n) is 8.66. The van der Waals surface area contributed by atoms with Gasteiger partial charge in [0, 0.05) is 30.9 Å². The number of aliphatic imine (C=N–C) groups is 1. The van der Waals surface area contributed by atoms with Gasteiger partial charge in [0.05, 0.1) is 30.7 Å². The zero-order valence-corrected chi connectivity index (χ0v) is 16.5. The van der Waals surface area contributed by atoms with E-state index in [0.717, 1.165) is 4.68 Å². The van der Waals surface area contributed by atoms with Crippen molar-refractivity contribution in [2.75, 3.05) is 13.7 Å². The molecule has 3 aromatic rings. The van der Waals surface area contributed by atoms with E-state index in [-0.39, 0.29) is 12.2 Å². The van der Waals surface area contributed by atoms with Crippen LogP contribution < -0.4 is 10.9 Å². The van der Waals surface area contributed by atoms with E-state index in [0.29, 0.717) is 22.0 Å². The number of aliphatic hydroxyl groups is 1. The number of aromatic nitrogens is 4. The van der Waals surface area contributed by atoms with Crippen molar-refractivity contribution in [2.45, 2.75) is 6.04 Å². The molecule has 0 saturated heterocycles. The lowest BCUT2D eigenvalue weighted by atomic mass is 10.1. The second-order valence-corrected chi connectivity index (χ2v) is 6.65. The molecule has 0 aliphatic carbocycles. The van der Waals surface area contributed by atoms with E-state index < -0.39 is 17.5 Å². The topological polar surface area (TPSA) is 114 Å². The Labute approximate surface area is 171 Å². The molecule has 1 aromatic carbocycles. The van der Waals surface area contributed by atoms with E-state index >= 15 is 0 Å². The van der Waals surface area contributed by atoms with Crippen molar-refractivity contribution < 1.29 is 9.90 Å². The summed E-state index contributed by atoms with van der Waals surface area (Å²) >= 11 is 5.95. The molecule has 2 N–H and O–H groups in total. The summed E-state index contributed by atoms with van der Waals surface area (Å²) in [5, 5.41) is 21.0. The summed E-state index contributed by atoms with van der Waals surface area (Å²) < 4.78 is 2.64. The van der Waals surface area contributed by atoms with Crippen LogP contribution in [0.1, 0.15) is 10.4 Å². The zero-order chi connectivity index (χ0) is 21.0. The lowest BCUT2D eigenvalue weighted by molar-refractivity contribution is 0.0932. The van der Waals surface area contributed by atoms with Crippen molar-refractivity contribution in [3.63, 3.8) is 0 Å². The molecule has 0 aliphatic heterocycles. The van der Waals surface area contributed by atoms with Crippen molar-refractivity contribution in [1.29, 1.82) is 0 Å². The quantitative estimate of drug-likeness (QED) is 0.586. The summed E-state index contributed by atoms with van der Waals surface area (Å²) in [7, 11) is 3.23. The Morgan fingerprint density at radius 3 is 2.69 bits per heavy atom. The van der Waals surface area contributed by atoms with Crippen LogP contribution in [0.4, 0.5) is 0 Å². The molecule has 29 heavy (non-hydrogen) atoms. The first-order chi connectivity index (χ1) is 13.9. The van der Waals surface area contributed by atoms with E-state index in [1.807, 2.05) is 0 Å². The number of aryl methyl sites for hydroxylation is 1. The highest BCUT2D eigenvalue weighted by molar-refractivity contribution is 6.30. The number of rotatable bonds is 6. The number of halogens is 1. The number of hydrogen-bond donors (Lipinski definition) is 2. The second-order valence-electron chi connectivity index (χ2n) is 6.21. The molecular weight excluding hydrogens is 396 g/mol. The van der Waals surface area contributed by atoms with Crippen molar-refractivity contribution in [3.8, 4) is 16.9 Å². The summed E-state index contributed by atoms with van der Waals surface area (Å²) in [5.41, 5.74) is 0.751. The molecule has 0 bridgehead atoms. The third-order valence-electron chi connectivity index (χ3n) is 4.07. The fourth-order valence-corrected chi connectivity index (χ4v) is 2.79. The summed E-state index contributed by atoms with van der Waals surface area (Å²) in [6.45, 7) is -0.352. The maximum absolute atomic E-state index is 13.0. The second kappa shape index (κ2) is 8.80. The van der Waals surface area contributed by atoms with Crippen LogP contribution in [0.3, 0.4) is 0 Å². The third kappa shape index (κ3) is 4.58. The zero-order valence-electron chi connectivity index (χ0n) is 15.8. The molecule has 0 radical (unpaired) electrons. The first-order valence-corrected chi connectivity index (χ1v) is 9.04. The highest BCUT2D eigenvalue weighted by atomic mass is 35.5. The predicted molar refractivity (Wildman–Crippen MR) is 110 cm³/mol. The number of aliphatic hydroxyl groups excluding tert-OH is 1. The van der Waals surface area contributed by atoms with E-state index in [4.69, 9.17) is 11.6 Å². The van der Waals surface area contributed by atoms with Crippen LogP contribution in [0, 0.1) is 0 Å². The Morgan fingerprint density at radius 2 is 2.10 bits per heavy atom. The molecular formula is C19H19ClN6O3. The predicted octanol–water partition coefficient (Wildman–Crippen LogP) is 1.08. The van der Waals surface area contributed by atoms with Gasteiger partial charge in [-0.05, 0) is 18.2 Å². The van der Waals surface area contributed by atoms with Crippen molar-refractivity contribution in [1.82, 2.24) is 24.9 Å². The molecule has 2 heterocycles. The molecule has 0 fully saturated rings. The SMILES string of the molecule is CN=C[C@@H](CO)NC(=O)c1cc(-c2ccc(Cl)cc2)nn(-c2cnn(C)c2)c1=O. The van der Waals surface area contributed by atoms with Gasteiger partial charge in [0.2, 0.25) is 0 Å². The van der Waals surface area contributed by atoms with Gasteiger partial charge in [-0.15, -0.1) is 0 Å². The van der Waals surface area contributed by atoms with Crippen LogP contribution >= 0.6 is 11.6 Å². The number of carbonyl (C=O) groups is 1. The molecule has 0 aliphatic rings. The Balaban J connectivity index is 2.13. The molecule has 1 atom stereocenters. The number of amides is 1. The van der Waals surface area contributed by atoms with Gasteiger partial charge in [-0.25, -0.2) is 0 Å². The van der Waals surface area contributed by atoms with Gasteiger partial charge in [0.15, 0.2) is 0 Å². The Bertz CT molecular complexity index is 1100. The molecule has 0 unspecified atom stereocenters. The fourth-order valence-electron chi connectivity index (χ4n) is 2.67. The Kier molecular flexibility index (Phi) is 6.20. The smallest absolute Gasteiger partial charge is 0.284 e. The average molecular weight is 415 g/mol. The minimum Gasteiger partial charge on any atom is -0.394 e. The van der Waals surface area contributed by atoms with E-state index in [1.165, 1.54) is 30.2 Å². The van der Waals surface area contributed by atoms with Gasteiger partial charge >= 0.3 is 0 Å². The Morgan fingerprint density at radius 1 is 1.38 bits per heavy atom. The van der Waals surface area contributed by atoms with Gasteiger partial charge in [-0.1, -0.05) is 23.7 Å². The largest absolute Gasteiger partial charge is 0.394 e. The minimum absolute atomic E-state index is 0.128. The maximum Gasteiger partial charge on any atom is 0.284 e. The summed E-state index contributed by atoms with van der Waals surface area (Å²) in [4.78, 5) is 29.5. The molecule has 10 heteroatoms. The number of nitrogens with one attached hydrogen (secondary N) is 1. The molecule has 1 amide bonds. The van der Waals surface area contributed by atoms with Gasteiger partial charge in [0.25, 0.3) is 11.5 Å². The highest BCUT2D eigenvalue weighted by Crippen LogP contribution is 2.20. The molecule has 0 spiro atoms. The Hall–Kier alpha value is -3.30. The van der Waals surface area contributed by atoms with Crippen LogP contribution in [0.15, 0.2) is 52.5 Å². The molecule has 9 nitrogen and oxygen atoms in total. The molecule has 3 rings (SSSR count). The first kappa shape index (κ1) is 20.4. The molecule has 150 valence electrons. The number of carbonyl (C=O) groups excluding carboxylic acids is 1. The number of hydrogen-bond acceptors (Lipinski definition) is 6. The van der Waals surface area contributed by atoms with Gasteiger partial charge in [-0.3, -0.25) is 19.3 Å². The van der Waals surface area contributed by atoms with Gasteiger partial charge < -0.3 is 10.4 Å². The van der Waals surface area contributed by atoms with Crippen LogP contribution in [0.2, 0.25) is 5.02 Å². The highest BCUT2D eigenvalue weighted by Gasteiger charge is 2.20. The fraction of sp³-hybridized carbons (Fsp3) is 0.211. The van der Waals surface area contributed by atoms with Crippen molar-refractivity contribution in [3.05, 3.63) is 63.7 Å². The standard InChI is InChI=1S/C19H19ClN6O3/c1-21-8-14(11-27)23-18(28)16-7-17(12-3-5-13(20)6-4-12)24-26(19(16)29)15-9-22-25(2)10-15/h3-10,14,27H,11H2,1-2H3,(H,23,28)/t14-/m0/s1. The maximum atomic E-state index is 13.0. The average Bonchev–Trinajstić information content (AvgIpc) is 3.14. The van der Waals surface area contributed by atoms with Crippen LogP contribution in [-0.4, -0.2) is 56.5 Å². The van der Waals surface area contributed by atoms with E-state index in [9.17, 15) is 14.7 Å². The van der Waals surface area contributed by atoms with Crippen molar-refractivity contribution >= 4 is 23.7 Å². The van der Waals surface area contributed by atoms with E-state index in [1.54, 1.807) is 37.5 Å². The monoisotopic (exact) mass is 414 g/mol. The van der Waals surface area contributed by atoms with Gasteiger partial charge in [-0.2, -0.15) is 14.9 Å².